The number of hydrogen-bond acceptors (Lipinski definition) is 3. The summed E-state index contributed by atoms with van der Waals surface area (Å²) in [5, 5.41) is 0. The standard InChI is InChI=1S/C24H25NO3/c1-24(2,3)28-23(27)25-18-14-15-19(25)21(17-12-8-5-9-13-17)22(26)20(18)16-10-6-4-7-11-16/h4-15,18-21H,1-3H3/t18-,19+,20+,21-. The van der Waals surface area contributed by atoms with Gasteiger partial charge >= 0.3 is 6.09 Å². The van der Waals surface area contributed by atoms with Gasteiger partial charge in [-0.25, -0.2) is 4.79 Å². The molecule has 0 aromatic heterocycles. The highest BCUT2D eigenvalue weighted by molar-refractivity contribution is 5.97. The smallest absolute Gasteiger partial charge is 0.411 e. The molecule has 2 aromatic rings. The van der Waals surface area contributed by atoms with Crippen LogP contribution in [0, 0.1) is 0 Å². The van der Waals surface area contributed by atoms with Gasteiger partial charge in [0.05, 0.1) is 23.9 Å². The van der Waals surface area contributed by atoms with E-state index >= 15 is 0 Å². The molecule has 2 aromatic carbocycles. The quantitative estimate of drug-likeness (QED) is 0.716. The molecule has 2 aliphatic heterocycles. The lowest BCUT2D eigenvalue weighted by Gasteiger charge is -2.44. The van der Waals surface area contributed by atoms with Crippen molar-refractivity contribution in [2.75, 3.05) is 0 Å². The number of amides is 1. The van der Waals surface area contributed by atoms with Crippen molar-refractivity contribution in [3.63, 3.8) is 0 Å². The maximum absolute atomic E-state index is 13.6. The number of ketones is 1. The van der Waals surface area contributed by atoms with Gasteiger partial charge in [0.1, 0.15) is 5.60 Å². The van der Waals surface area contributed by atoms with Gasteiger partial charge in [-0.1, -0.05) is 72.8 Å². The molecule has 2 bridgehead atoms. The summed E-state index contributed by atoms with van der Waals surface area (Å²) in [5.74, 6) is -0.667. The van der Waals surface area contributed by atoms with E-state index in [-0.39, 0.29) is 24.0 Å². The van der Waals surface area contributed by atoms with Crippen LogP contribution in [0.5, 0.6) is 0 Å². The summed E-state index contributed by atoms with van der Waals surface area (Å²) >= 11 is 0. The molecular weight excluding hydrogens is 350 g/mol. The van der Waals surface area contributed by atoms with Crippen LogP contribution in [0.2, 0.25) is 0 Å². The van der Waals surface area contributed by atoms with Crippen LogP contribution in [-0.2, 0) is 9.53 Å². The highest BCUT2D eigenvalue weighted by Crippen LogP contribution is 2.45. The Morgan fingerprint density at radius 3 is 1.64 bits per heavy atom. The van der Waals surface area contributed by atoms with Crippen molar-refractivity contribution in [2.24, 2.45) is 0 Å². The second-order valence-electron chi connectivity index (χ2n) is 8.43. The van der Waals surface area contributed by atoms with Gasteiger partial charge in [0.25, 0.3) is 0 Å². The van der Waals surface area contributed by atoms with Gasteiger partial charge < -0.3 is 4.74 Å². The predicted octanol–water partition coefficient (Wildman–Crippen LogP) is 4.68. The summed E-state index contributed by atoms with van der Waals surface area (Å²) in [5.41, 5.74) is 1.26. The molecular formula is C24H25NO3. The molecule has 0 radical (unpaired) electrons. The Hall–Kier alpha value is -2.88. The van der Waals surface area contributed by atoms with E-state index in [0.717, 1.165) is 11.1 Å². The van der Waals surface area contributed by atoms with Crippen molar-refractivity contribution >= 4 is 11.9 Å². The normalized spacial score (nSPS) is 26.4. The molecule has 0 spiro atoms. The molecule has 1 amide bonds. The van der Waals surface area contributed by atoms with Crippen molar-refractivity contribution in [1.82, 2.24) is 4.90 Å². The highest BCUT2D eigenvalue weighted by atomic mass is 16.6. The van der Waals surface area contributed by atoms with Crippen LogP contribution in [0.1, 0.15) is 43.7 Å². The number of fused-ring (bicyclic) bond motifs is 2. The van der Waals surface area contributed by atoms with Crippen LogP contribution in [0.15, 0.2) is 72.8 Å². The Morgan fingerprint density at radius 2 is 1.25 bits per heavy atom. The third-order valence-corrected chi connectivity index (χ3v) is 5.37. The minimum absolute atomic E-state index is 0.150. The van der Waals surface area contributed by atoms with Crippen LogP contribution in [0.3, 0.4) is 0 Å². The zero-order chi connectivity index (χ0) is 19.9. The topological polar surface area (TPSA) is 46.6 Å². The second-order valence-corrected chi connectivity index (χ2v) is 8.43. The van der Waals surface area contributed by atoms with Gasteiger partial charge in [0, 0.05) is 0 Å². The molecule has 1 saturated heterocycles. The number of Topliss-reactive ketones (excluding diaryl/α,β-unsaturated/α-hetero) is 1. The number of rotatable bonds is 2. The summed E-state index contributed by atoms with van der Waals surface area (Å²) in [6.07, 6.45) is 3.61. The zero-order valence-electron chi connectivity index (χ0n) is 16.4. The van der Waals surface area contributed by atoms with E-state index in [0.29, 0.717) is 0 Å². The van der Waals surface area contributed by atoms with Gasteiger partial charge in [-0.15, -0.1) is 0 Å². The fraction of sp³-hybridized carbons (Fsp3) is 0.333. The van der Waals surface area contributed by atoms with E-state index in [2.05, 4.69) is 0 Å². The first-order valence-electron chi connectivity index (χ1n) is 9.70. The van der Waals surface area contributed by atoms with E-state index in [1.807, 2.05) is 93.6 Å². The Morgan fingerprint density at radius 1 is 0.821 bits per heavy atom. The molecule has 0 unspecified atom stereocenters. The van der Waals surface area contributed by atoms with Crippen molar-refractivity contribution in [2.45, 2.75) is 50.3 Å². The highest BCUT2D eigenvalue weighted by Gasteiger charge is 2.53. The molecule has 1 fully saturated rings. The number of piperidine rings is 1. The van der Waals surface area contributed by atoms with Crippen LogP contribution < -0.4 is 0 Å². The van der Waals surface area contributed by atoms with Crippen LogP contribution >= 0.6 is 0 Å². The third kappa shape index (κ3) is 3.24. The molecule has 4 nitrogen and oxygen atoms in total. The van der Waals surface area contributed by atoms with Crippen molar-refractivity contribution in [3.05, 3.63) is 83.9 Å². The summed E-state index contributed by atoms with van der Waals surface area (Å²) in [4.78, 5) is 28.5. The lowest BCUT2D eigenvalue weighted by atomic mass is 9.74. The first kappa shape index (κ1) is 18.5. The number of ether oxygens (including phenoxy) is 1. The fourth-order valence-electron chi connectivity index (χ4n) is 4.29. The van der Waals surface area contributed by atoms with E-state index in [1.165, 1.54) is 0 Å². The molecule has 144 valence electrons. The van der Waals surface area contributed by atoms with E-state index < -0.39 is 17.4 Å². The minimum atomic E-state index is -0.595. The van der Waals surface area contributed by atoms with Crippen LogP contribution in [0.25, 0.3) is 0 Å². The van der Waals surface area contributed by atoms with Crippen LogP contribution in [-0.4, -0.2) is 34.5 Å². The first-order valence-corrected chi connectivity index (χ1v) is 9.70. The van der Waals surface area contributed by atoms with Crippen molar-refractivity contribution < 1.29 is 14.3 Å². The number of hydrogen-bond donors (Lipinski definition) is 0. The minimum Gasteiger partial charge on any atom is -0.444 e. The third-order valence-electron chi connectivity index (χ3n) is 5.37. The summed E-state index contributed by atoms with van der Waals surface area (Å²) in [6, 6.07) is 18.8. The van der Waals surface area contributed by atoms with Crippen molar-refractivity contribution in [3.8, 4) is 0 Å². The molecule has 0 saturated carbocycles. The van der Waals surface area contributed by atoms with Gasteiger partial charge in [0.2, 0.25) is 0 Å². The van der Waals surface area contributed by atoms with E-state index in [4.69, 9.17) is 4.74 Å². The largest absolute Gasteiger partial charge is 0.444 e. The van der Waals surface area contributed by atoms with Gasteiger partial charge in [-0.05, 0) is 31.9 Å². The molecule has 2 heterocycles. The number of carbonyl (C=O) groups is 2. The van der Waals surface area contributed by atoms with Gasteiger partial charge in [-0.2, -0.15) is 0 Å². The average molecular weight is 375 g/mol. The lowest BCUT2D eigenvalue weighted by Crippen LogP contribution is -2.56. The maximum Gasteiger partial charge on any atom is 0.411 e. The predicted molar refractivity (Wildman–Crippen MR) is 108 cm³/mol. The summed E-state index contributed by atoms with van der Waals surface area (Å²) in [6.45, 7) is 5.58. The average Bonchev–Trinajstić information content (AvgIpc) is 3.00. The maximum atomic E-state index is 13.6. The number of carbonyl (C=O) groups excluding carboxylic acids is 2. The number of benzene rings is 2. The van der Waals surface area contributed by atoms with Gasteiger partial charge in [0.15, 0.2) is 5.78 Å². The lowest BCUT2D eigenvalue weighted by molar-refractivity contribution is -0.127. The Labute approximate surface area is 165 Å². The summed E-state index contributed by atoms with van der Waals surface area (Å²) in [7, 11) is 0. The van der Waals surface area contributed by atoms with Crippen molar-refractivity contribution in [1.29, 1.82) is 0 Å². The van der Waals surface area contributed by atoms with Crippen LogP contribution in [0.4, 0.5) is 4.79 Å². The molecule has 0 aliphatic carbocycles. The molecule has 2 aliphatic rings. The Balaban J connectivity index is 1.79. The molecule has 4 heteroatoms. The SMILES string of the molecule is CC(C)(C)OC(=O)N1[C@@H]2C=C[C@H]1[C@@H](c1ccccc1)C(=O)[C@H]2c1ccccc1. The second kappa shape index (κ2) is 6.93. The van der Waals surface area contributed by atoms with E-state index in [1.54, 1.807) is 4.90 Å². The van der Waals surface area contributed by atoms with E-state index in [9.17, 15) is 9.59 Å². The van der Waals surface area contributed by atoms with Gasteiger partial charge in [-0.3, -0.25) is 9.69 Å². The molecule has 0 N–H and O–H groups in total. The Kier molecular flexibility index (Phi) is 4.58. The molecule has 4 atom stereocenters. The zero-order valence-corrected chi connectivity index (χ0v) is 16.4. The molecule has 4 rings (SSSR count). The molecule has 28 heavy (non-hydrogen) atoms. The fourth-order valence-corrected chi connectivity index (χ4v) is 4.29. The Bertz CT molecular complexity index is 839. The first-order chi connectivity index (χ1) is 13.4. The summed E-state index contributed by atoms with van der Waals surface area (Å²) < 4.78 is 5.70. The monoisotopic (exact) mass is 375 g/mol. The number of nitrogens with zero attached hydrogens (tertiary/aromatic N) is 1.